The molecule has 1 N–H and O–H groups in total. The van der Waals surface area contributed by atoms with Gasteiger partial charge in [-0.1, -0.05) is 42.0 Å². The van der Waals surface area contributed by atoms with E-state index < -0.39 is 0 Å². The highest BCUT2D eigenvalue weighted by molar-refractivity contribution is 5.76. The van der Waals surface area contributed by atoms with Crippen LogP contribution in [0.15, 0.2) is 48.5 Å². The number of methoxy groups -OCH3 is 1. The Morgan fingerprint density at radius 2 is 1.72 bits per heavy atom. The van der Waals surface area contributed by atoms with Crippen molar-refractivity contribution >= 4 is 11.9 Å². The number of nitrogens with one attached hydrogen (secondary N) is 1. The second kappa shape index (κ2) is 11.9. The third-order valence-electron chi connectivity index (χ3n) is 4.52. The Bertz CT molecular complexity index is 787. The highest BCUT2D eigenvalue weighted by Crippen LogP contribution is 2.28. The molecule has 2 aromatic carbocycles. The molecule has 0 saturated carbocycles. The Labute approximate surface area is 172 Å². The zero-order valence-electron chi connectivity index (χ0n) is 17.4. The number of esters is 1. The first kappa shape index (κ1) is 22.4. The number of piperazine rings is 1. The smallest absolute Gasteiger partial charge is 0.308 e. The molecule has 3 rings (SSSR count). The molecule has 0 atom stereocenters. The van der Waals surface area contributed by atoms with Crippen molar-refractivity contribution in [3.63, 3.8) is 0 Å². The average Bonchev–Trinajstić information content (AvgIpc) is 2.74. The molecule has 0 unspecified atom stereocenters. The standard InChI is InChI=1S/C16H22N2O4.C7H8/c1-12(19)22-14-5-3-13(11-15(14)21-2)4-6-16(20)18-9-7-17-8-10-18;1-7-5-3-2-4-6-7/h3,5,11,17H,4,6-10H2,1-2H3;2-6H,1H3. The van der Waals surface area contributed by atoms with Crippen LogP contribution in [0.2, 0.25) is 0 Å². The van der Waals surface area contributed by atoms with E-state index in [1.165, 1.54) is 19.6 Å². The highest BCUT2D eigenvalue weighted by atomic mass is 16.6. The van der Waals surface area contributed by atoms with Crippen molar-refractivity contribution < 1.29 is 19.1 Å². The second-order valence-corrected chi connectivity index (χ2v) is 6.86. The van der Waals surface area contributed by atoms with E-state index in [1.54, 1.807) is 6.07 Å². The van der Waals surface area contributed by atoms with Crippen LogP contribution in [0.3, 0.4) is 0 Å². The van der Waals surface area contributed by atoms with Gasteiger partial charge in [-0.3, -0.25) is 9.59 Å². The molecule has 1 aliphatic heterocycles. The molecule has 0 aromatic heterocycles. The van der Waals surface area contributed by atoms with Crippen molar-refractivity contribution in [3.8, 4) is 11.5 Å². The minimum absolute atomic E-state index is 0.171. The first-order valence-corrected chi connectivity index (χ1v) is 9.85. The molecule has 1 fully saturated rings. The van der Waals surface area contributed by atoms with Gasteiger partial charge in [0.15, 0.2) is 11.5 Å². The van der Waals surface area contributed by atoms with Gasteiger partial charge in [-0.2, -0.15) is 0 Å². The van der Waals surface area contributed by atoms with Crippen molar-refractivity contribution in [2.75, 3.05) is 33.3 Å². The largest absolute Gasteiger partial charge is 0.493 e. The number of benzene rings is 2. The van der Waals surface area contributed by atoms with E-state index in [0.717, 1.165) is 31.7 Å². The zero-order chi connectivity index (χ0) is 21.1. The Morgan fingerprint density at radius 1 is 1.03 bits per heavy atom. The maximum atomic E-state index is 12.1. The lowest BCUT2D eigenvalue weighted by atomic mass is 10.1. The predicted octanol–water partition coefficient (Wildman–Crippen LogP) is 2.98. The van der Waals surface area contributed by atoms with Crippen molar-refractivity contribution in [2.24, 2.45) is 0 Å². The second-order valence-electron chi connectivity index (χ2n) is 6.86. The molecule has 29 heavy (non-hydrogen) atoms. The minimum Gasteiger partial charge on any atom is -0.493 e. The molecular weight excluding hydrogens is 368 g/mol. The van der Waals surface area contributed by atoms with E-state index in [4.69, 9.17) is 9.47 Å². The molecule has 156 valence electrons. The van der Waals surface area contributed by atoms with Gasteiger partial charge < -0.3 is 19.7 Å². The number of hydrogen-bond donors (Lipinski definition) is 1. The number of amides is 1. The fourth-order valence-electron chi connectivity index (χ4n) is 2.96. The summed E-state index contributed by atoms with van der Waals surface area (Å²) in [6, 6.07) is 15.6. The van der Waals surface area contributed by atoms with E-state index in [1.807, 2.05) is 35.2 Å². The molecule has 2 aromatic rings. The Morgan fingerprint density at radius 3 is 2.28 bits per heavy atom. The summed E-state index contributed by atoms with van der Waals surface area (Å²) in [5.74, 6) is 0.680. The van der Waals surface area contributed by atoms with Gasteiger partial charge in [-0.15, -0.1) is 0 Å². The monoisotopic (exact) mass is 398 g/mol. The van der Waals surface area contributed by atoms with Crippen LogP contribution < -0.4 is 14.8 Å². The average molecular weight is 399 g/mol. The van der Waals surface area contributed by atoms with Gasteiger partial charge in [0.1, 0.15) is 0 Å². The molecule has 1 heterocycles. The van der Waals surface area contributed by atoms with Crippen molar-refractivity contribution in [1.82, 2.24) is 10.2 Å². The van der Waals surface area contributed by atoms with Gasteiger partial charge in [0, 0.05) is 39.5 Å². The summed E-state index contributed by atoms with van der Waals surface area (Å²) in [5, 5.41) is 3.23. The van der Waals surface area contributed by atoms with Crippen LogP contribution in [0.1, 0.15) is 24.5 Å². The molecule has 0 bridgehead atoms. The number of ether oxygens (including phenoxy) is 2. The lowest BCUT2D eigenvalue weighted by molar-refractivity contribution is -0.132. The van der Waals surface area contributed by atoms with Gasteiger partial charge in [-0.05, 0) is 31.0 Å². The summed E-state index contributed by atoms with van der Waals surface area (Å²) in [6.45, 7) is 6.69. The van der Waals surface area contributed by atoms with Crippen LogP contribution in [-0.4, -0.2) is 50.1 Å². The van der Waals surface area contributed by atoms with Gasteiger partial charge in [0.05, 0.1) is 7.11 Å². The van der Waals surface area contributed by atoms with Crippen molar-refractivity contribution in [3.05, 3.63) is 59.7 Å². The van der Waals surface area contributed by atoms with Crippen molar-refractivity contribution in [1.29, 1.82) is 0 Å². The van der Waals surface area contributed by atoms with Gasteiger partial charge in [-0.25, -0.2) is 0 Å². The molecule has 6 heteroatoms. The summed E-state index contributed by atoms with van der Waals surface area (Å²) in [6.07, 6.45) is 1.11. The van der Waals surface area contributed by atoms with Gasteiger partial charge in [0.2, 0.25) is 5.91 Å². The first-order valence-electron chi connectivity index (χ1n) is 9.85. The SMILES string of the molecule is COc1cc(CCC(=O)N2CCNCC2)ccc1OC(C)=O.Cc1ccccc1. The maximum Gasteiger partial charge on any atom is 0.308 e. The summed E-state index contributed by atoms with van der Waals surface area (Å²) in [7, 11) is 1.53. The van der Waals surface area contributed by atoms with Crippen LogP contribution in [0.4, 0.5) is 0 Å². The van der Waals surface area contributed by atoms with Crippen LogP contribution in [0.25, 0.3) is 0 Å². The summed E-state index contributed by atoms with van der Waals surface area (Å²) < 4.78 is 10.3. The number of carbonyl (C=O) groups excluding carboxylic acids is 2. The molecule has 6 nitrogen and oxygen atoms in total. The number of hydrogen-bond acceptors (Lipinski definition) is 5. The van der Waals surface area contributed by atoms with E-state index in [2.05, 4.69) is 24.4 Å². The molecule has 0 spiro atoms. The Kier molecular flexibility index (Phi) is 9.18. The number of rotatable bonds is 5. The van der Waals surface area contributed by atoms with Crippen molar-refractivity contribution in [2.45, 2.75) is 26.7 Å². The summed E-state index contributed by atoms with van der Waals surface area (Å²) in [4.78, 5) is 25.0. The quantitative estimate of drug-likeness (QED) is 0.620. The van der Waals surface area contributed by atoms with E-state index in [-0.39, 0.29) is 11.9 Å². The van der Waals surface area contributed by atoms with E-state index >= 15 is 0 Å². The van der Waals surface area contributed by atoms with Crippen LogP contribution in [0.5, 0.6) is 11.5 Å². The molecule has 0 aliphatic carbocycles. The zero-order valence-corrected chi connectivity index (χ0v) is 17.4. The lowest BCUT2D eigenvalue weighted by Gasteiger charge is -2.27. The third kappa shape index (κ3) is 7.95. The summed E-state index contributed by atoms with van der Waals surface area (Å²) in [5.41, 5.74) is 2.30. The molecule has 1 amide bonds. The Balaban J connectivity index is 0.000000360. The number of nitrogens with zero attached hydrogens (tertiary/aromatic N) is 1. The first-order chi connectivity index (χ1) is 14.0. The van der Waals surface area contributed by atoms with Crippen LogP contribution >= 0.6 is 0 Å². The fraction of sp³-hybridized carbons (Fsp3) is 0.391. The Hall–Kier alpha value is -2.86. The molecule has 1 saturated heterocycles. The molecule has 1 aliphatic rings. The topological polar surface area (TPSA) is 67.9 Å². The third-order valence-corrected chi connectivity index (χ3v) is 4.52. The van der Waals surface area contributed by atoms with E-state index in [0.29, 0.717) is 24.3 Å². The minimum atomic E-state index is -0.389. The lowest BCUT2D eigenvalue weighted by Crippen LogP contribution is -2.46. The summed E-state index contributed by atoms with van der Waals surface area (Å²) >= 11 is 0. The van der Waals surface area contributed by atoms with Crippen LogP contribution in [0, 0.1) is 6.92 Å². The number of carbonyl (C=O) groups is 2. The van der Waals surface area contributed by atoms with Crippen LogP contribution in [-0.2, 0) is 16.0 Å². The maximum absolute atomic E-state index is 12.1. The van der Waals surface area contributed by atoms with Gasteiger partial charge in [0.25, 0.3) is 0 Å². The number of aryl methyl sites for hydroxylation is 2. The normalized spacial score (nSPS) is 13.1. The fourth-order valence-corrected chi connectivity index (χ4v) is 2.96. The molecule has 0 radical (unpaired) electrons. The predicted molar refractivity (Wildman–Crippen MR) is 113 cm³/mol. The highest BCUT2D eigenvalue weighted by Gasteiger charge is 2.16. The molecular formula is C23H30N2O4. The van der Waals surface area contributed by atoms with Gasteiger partial charge >= 0.3 is 5.97 Å². The van der Waals surface area contributed by atoms with E-state index in [9.17, 15) is 9.59 Å².